The Kier molecular flexibility index (Phi) is 6.29. The van der Waals surface area contributed by atoms with Gasteiger partial charge in [-0.3, -0.25) is 10.2 Å². The van der Waals surface area contributed by atoms with Crippen molar-refractivity contribution in [1.82, 2.24) is 20.1 Å². The number of nitrogens with one attached hydrogen (secondary N) is 2. The first-order valence-electron chi connectivity index (χ1n) is 9.93. The second-order valence-corrected chi connectivity index (χ2v) is 7.65. The fourth-order valence-corrected chi connectivity index (χ4v) is 3.30. The molecule has 1 aliphatic heterocycles. The van der Waals surface area contributed by atoms with E-state index in [0.29, 0.717) is 27.9 Å². The number of urea groups is 2. The number of rotatable bonds is 6. The second-order valence-electron chi connectivity index (χ2n) is 7.21. The fraction of sp³-hybridized carbons (Fsp3) is 0.130. The molecule has 4 amide bonds. The zero-order valence-corrected chi connectivity index (χ0v) is 18.3. The van der Waals surface area contributed by atoms with Crippen molar-refractivity contribution in [3.8, 4) is 17.7 Å². The maximum atomic E-state index is 12.8. The van der Waals surface area contributed by atoms with Gasteiger partial charge in [-0.05, 0) is 48.0 Å². The van der Waals surface area contributed by atoms with Crippen molar-refractivity contribution in [3.05, 3.63) is 83.0 Å². The van der Waals surface area contributed by atoms with E-state index in [1.807, 2.05) is 18.2 Å². The van der Waals surface area contributed by atoms with Crippen LogP contribution in [0.15, 0.2) is 66.9 Å². The van der Waals surface area contributed by atoms with Gasteiger partial charge >= 0.3 is 12.1 Å². The van der Waals surface area contributed by atoms with Gasteiger partial charge in [0, 0.05) is 30.0 Å². The van der Waals surface area contributed by atoms with Crippen LogP contribution in [-0.4, -0.2) is 40.2 Å². The molecule has 1 aliphatic rings. The van der Waals surface area contributed by atoms with E-state index < -0.39 is 18.4 Å². The first-order valence-corrected chi connectivity index (χ1v) is 10.3. The quantitative estimate of drug-likeness (QED) is 0.562. The van der Waals surface area contributed by atoms with Crippen molar-refractivity contribution in [2.24, 2.45) is 0 Å². The van der Waals surface area contributed by atoms with Gasteiger partial charge in [-0.15, -0.1) is 0 Å². The number of hydrogen-bond donors (Lipinski definition) is 2. The summed E-state index contributed by atoms with van der Waals surface area (Å²) in [6.07, 6.45) is 0.733. The van der Waals surface area contributed by atoms with Crippen LogP contribution in [-0.2, 0) is 6.54 Å². The molecule has 10 heteroatoms. The number of amides is 4. The molecule has 9 nitrogen and oxygen atoms in total. The smallest absolute Gasteiger partial charge is 0.331 e. The van der Waals surface area contributed by atoms with Gasteiger partial charge in [0.15, 0.2) is 6.29 Å². The summed E-state index contributed by atoms with van der Waals surface area (Å²) < 4.78 is 5.68. The average molecular weight is 463 g/mol. The number of nitriles is 1. The number of carbonyl (C=O) groups is 2. The number of hydrogen-bond acceptors (Lipinski definition) is 6. The van der Waals surface area contributed by atoms with Gasteiger partial charge in [0.25, 0.3) is 0 Å². The number of benzene rings is 2. The van der Waals surface area contributed by atoms with Crippen LogP contribution < -0.4 is 15.4 Å². The highest BCUT2D eigenvalue weighted by molar-refractivity contribution is 6.30. The minimum Gasteiger partial charge on any atom is -0.439 e. The Labute approximate surface area is 195 Å². The average Bonchev–Trinajstić information content (AvgIpc) is 2.83. The SMILES string of the molecule is CN1C(=O)NC(Nc2ccc(Oc3cc(C#N)ccn3)cc2)N(Cc2ccc(Cl)cc2)C1=O. The number of pyridine rings is 1. The number of anilines is 1. The lowest BCUT2D eigenvalue weighted by Crippen LogP contribution is -2.65. The number of nitrogens with zero attached hydrogens (tertiary/aromatic N) is 4. The third-order valence-corrected chi connectivity index (χ3v) is 5.17. The highest BCUT2D eigenvalue weighted by Gasteiger charge is 2.36. The minimum absolute atomic E-state index is 0.264. The summed E-state index contributed by atoms with van der Waals surface area (Å²) in [6, 6.07) is 18.3. The Balaban J connectivity index is 1.48. The van der Waals surface area contributed by atoms with E-state index in [-0.39, 0.29) is 6.54 Å². The van der Waals surface area contributed by atoms with Gasteiger partial charge < -0.3 is 10.1 Å². The molecule has 33 heavy (non-hydrogen) atoms. The van der Waals surface area contributed by atoms with E-state index in [4.69, 9.17) is 21.6 Å². The summed E-state index contributed by atoms with van der Waals surface area (Å²) in [5.41, 5.74) is 1.96. The van der Waals surface area contributed by atoms with Crippen LogP contribution in [0.3, 0.4) is 0 Å². The van der Waals surface area contributed by atoms with Gasteiger partial charge in [0.1, 0.15) is 5.75 Å². The van der Waals surface area contributed by atoms with Crippen LogP contribution in [0.4, 0.5) is 15.3 Å². The molecule has 0 aliphatic carbocycles. The normalized spacial score (nSPS) is 15.6. The molecule has 2 N–H and O–H groups in total. The van der Waals surface area contributed by atoms with Crippen LogP contribution >= 0.6 is 11.6 Å². The largest absolute Gasteiger partial charge is 0.439 e. The van der Waals surface area contributed by atoms with Crippen molar-refractivity contribution in [2.45, 2.75) is 12.8 Å². The van der Waals surface area contributed by atoms with Crippen molar-refractivity contribution in [2.75, 3.05) is 12.4 Å². The molecule has 0 radical (unpaired) electrons. The predicted octanol–water partition coefficient (Wildman–Crippen LogP) is 4.37. The molecule has 0 spiro atoms. The Morgan fingerprint density at radius 1 is 1.15 bits per heavy atom. The van der Waals surface area contributed by atoms with E-state index in [9.17, 15) is 9.59 Å². The molecule has 0 saturated carbocycles. The Hall–Kier alpha value is -4.29. The van der Waals surface area contributed by atoms with Gasteiger partial charge in [-0.25, -0.2) is 19.5 Å². The van der Waals surface area contributed by atoms with Crippen LogP contribution in [0.5, 0.6) is 11.6 Å². The summed E-state index contributed by atoms with van der Waals surface area (Å²) in [6.45, 7) is 0.264. The molecule has 3 aromatic rings. The topological polar surface area (TPSA) is 111 Å². The Morgan fingerprint density at radius 2 is 1.88 bits per heavy atom. The molecule has 2 heterocycles. The predicted molar refractivity (Wildman–Crippen MR) is 122 cm³/mol. The molecule has 1 saturated heterocycles. The monoisotopic (exact) mass is 462 g/mol. The van der Waals surface area contributed by atoms with Gasteiger partial charge in [-0.2, -0.15) is 5.26 Å². The summed E-state index contributed by atoms with van der Waals surface area (Å²) in [5.74, 6) is 0.821. The molecular weight excluding hydrogens is 444 g/mol. The number of carbonyl (C=O) groups excluding carboxylic acids is 2. The maximum absolute atomic E-state index is 12.8. The molecule has 166 valence electrons. The van der Waals surface area contributed by atoms with Gasteiger partial charge in [-0.1, -0.05) is 23.7 Å². The molecular formula is C23H19ClN6O3. The van der Waals surface area contributed by atoms with Crippen molar-refractivity contribution in [1.29, 1.82) is 5.26 Å². The van der Waals surface area contributed by atoms with E-state index in [2.05, 4.69) is 15.6 Å². The number of imide groups is 1. The standard InChI is InChI=1S/C23H19ClN6O3/c1-29-22(31)28-21(30(23(29)32)14-15-2-4-17(24)5-3-15)27-18-6-8-19(9-7-18)33-20-12-16(13-25)10-11-26-20/h2-12,21,27H,14H2,1H3,(H,28,31). The highest BCUT2D eigenvalue weighted by Crippen LogP contribution is 2.23. The van der Waals surface area contributed by atoms with Crippen LogP contribution in [0.25, 0.3) is 0 Å². The van der Waals surface area contributed by atoms with Crippen LogP contribution in [0.1, 0.15) is 11.1 Å². The van der Waals surface area contributed by atoms with E-state index in [1.54, 1.807) is 48.5 Å². The van der Waals surface area contributed by atoms with Gasteiger partial charge in [0.05, 0.1) is 18.2 Å². The summed E-state index contributed by atoms with van der Waals surface area (Å²) in [7, 11) is 1.42. The molecule has 2 aromatic carbocycles. The minimum atomic E-state index is -0.766. The molecule has 1 fully saturated rings. The Bertz CT molecular complexity index is 1210. The summed E-state index contributed by atoms with van der Waals surface area (Å²) >= 11 is 5.95. The third kappa shape index (κ3) is 5.14. The number of aromatic nitrogens is 1. The molecule has 4 rings (SSSR count). The maximum Gasteiger partial charge on any atom is 0.331 e. The Morgan fingerprint density at radius 3 is 2.58 bits per heavy atom. The first kappa shape index (κ1) is 21.9. The van der Waals surface area contributed by atoms with E-state index >= 15 is 0 Å². The second kappa shape index (κ2) is 9.46. The van der Waals surface area contributed by atoms with Crippen molar-refractivity contribution < 1.29 is 14.3 Å². The zero-order valence-electron chi connectivity index (χ0n) is 17.5. The lowest BCUT2D eigenvalue weighted by molar-refractivity contribution is 0.114. The van der Waals surface area contributed by atoms with Crippen molar-refractivity contribution in [3.63, 3.8) is 0 Å². The lowest BCUT2D eigenvalue weighted by Gasteiger charge is -2.40. The third-order valence-electron chi connectivity index (χ3n) is 4.92. The number of halogens is 1. The van der Waals surface area contributed by atoms with E-state index in [0.717, 1.165) is 10.5 Å². The summed E-state index contributed by atoms with van der Waals surface area (Å²) in [5, 5.41) is 15.5. The van der Waals surface area contributed by atoms with Gasteiger partial charge in [0.2, 0.25) is 5.88 Å². The van der Waals surface area contributed by atoms with Crippen LogP contribution in [0.2, 0.25) is 5.02 Å². The summed E-state index contributed by atoms with van der Waals surface area (Å²) in [4.78, 5) is 31.6. The molecule has 1 atom stereocenters. The molecule has 0 bridgehead atoms. The number of ether oxygens (including phenoxy) is 1. The van der Waals surface area contributed by atoms with Crippen LogP contribution in [0, 0.1) is 11.3 Å². The van der Waals surface area contributed by atoms with E-state index in [1.165, 1.54) is 18.1 Å². The molecule has 1 aromatic heterocycles. The highest BCUT2D eigenvalue weighted by atomic mass is 35.5. The molecule has 1 unspecified atom stereocenters. The van der Waals surface area contributed by atoms with Crippen molar-refractivity contribution >= 4 is 29.4 Å². The zero-order chi connectivity index (χ0) is 23.4. The first-order chi connectivity index (χ1) is 15.9. The fourth-order valence-electron chi connectivity index (χ4n) is 3.17. The lowest BCUT2D eigenvalue weighted by atomic mass is 10.2.